The summed E-state index contributed by atoms with van der Waals surface area (Å²) < 4.78 is 18.5. The molecule has 0 bridgehead atoms. The van der Waals surface area contributed by atoms with Gasteiger partial charge in [-0.05, 0) is 71.7 Å². The van der Waals surface area contributed by atoms with Crippen LogP contribution in [0.15, 0.2) is 30.7 Å². The Labute approximate surface area is 228 Å². The highest BCUT2D eigenvalue weighted by Gasteiger charge is 2.26. The van der Waals surface area contributed by atoms with Crippen LogP contribution in [0.5, 0.6) is 5.75 Å². The van der Waals surface area contributed by atoms with Gasteiger partial charge in [0.2, 0.25) is 0 Å². The van der Waals surface area contributed by atoms with E-state index in [2.05, 4.69) is 10.3 Å². The van der Waals surface area contributed by atoms with E-state index in [-0.39, 0.29) is 18.6 Å². The zero-order valence-electron chi connectivity index (χ0n) is 23.7. The van der Waals surface area contributed by atoms with Crippen molar-refractivity contribution in [3.63, 3.8) is 0 Å². The van der Waals surface area contributed by atoms with Crippen molar-refractivity contribution in [2.24, 2.45) is 0 Å². The Morgan fingerprint density at radius 2 is 1.95 bits per heavy atom. The van der Waals surface area contributed by atoms with Gasteiger partial charge in [-0.25, -0.2) is 14.6 Å². The summed E-state index contributed by atoms with van der Waals surface area (Å²) in [5.74, 6) is 0.299. The molecule has 2 aromatic heterocycles. The first kappa shape index (κ1) is 29.0. The number of nitrogens with zero attached hydrogens (tertiary/aromatic N) is 3. The molecule has 3 aromatic rings. The van der Waals surface area contributed by atoms with E-state index in [0.29, 0.717) is 22.9 Å². The molecule has 0 radical (unpaired) electrons. The lowest BCUT2D eigenvalue weighted by Crippen LogP contribution is -2.39. The number of amides is 1. The van der Waals surface area contributed by atoms with Gasteiger partial charge in [-0.1, -0.05) is 6.07 Å². The monoisotopic (exact) mass is 542 g/mol. The Hall–Kier alpha value is -3.53. The van der Waals surface area contributed by atoms with Crippen molar-refractivity contribution < 1.29 is 23.8 Å². The lowest BCUT2D eigenvalue weighted by molar-refractivity contribution is 0.0294. The third kappa shape index (κ3) is 6.86. The fourth-order valence-electron chi connectivity index (χ4n) is 4.02. The van der Waals surface area contributed by atoms with Gasteiger partial charge in [-0.3, -0.25) is 0 Å². The van der Waals surface area contributed by atoms with Crippen LogP contribution in [0.3, 0.4) is 0 Å². The highest BCUT2D eigenvalue weighted by Crippen LogP contribution is 2.42. The maximum absolute atomic E-state index is 13.0. The first-order chi connectivity index (χ1) is 17.8. The number of rotatable bonds is 9. The number of hydrogen-bond acceptors (Lipinski definition) is 8. The second-order valence-corrected chi connectivity index (χ2v) is 11.2. The number of likely N-dealkylation sites (N-methyl/N-ethyl adjacent to an activating group) is 1. The van der Waals surface area contributed by atoms with Gasteiger partial charge in [0.05, 0.1) is 37.0 Å². The van der Waals surface area contributed by atoms with E-state index >= 15 is 0 Å². The molecule has 0 fully saturated rings. The quantitative estimate of drug-likeness (QED) is 0.328. The molecular weight excluding hydrogens is 504 g/mol. The van der Waals surface area contributed by atoms with E-state index in [1.807, 2.05) is 70.5 Å². The minimum atomic E-state index is -0.577. The molecule has 206 valence electrons. The molecule has 1 atom stereocenters. The third-order valence-electron chi connectivity index (χ3n) is 5.69. The third-order valence-corrected chi connectivity index (χ3v) is 6.96. The summed E-state index contributed by atoms with van der Waals surface area (Å²) in [6.45, 7) is 13.7. The van der Waals surface area contributed by atoms with Gasteiger partial charge in [-0.15, -0.1) is 11.3 Å². The molecule has 9 nitrogen and oxygen atoms in total. The maximum Gasteiger partial charge on any atom is 0.410 e. The van der Waals surface area contributed by atoms with Crippen LogP contribution in [0.2, 0.25) is 0 Å². The number of anilines is 1. The molecule has 0 aliphatic rings. The fraction of sp³-hybridized carbons (Fsp3) is 0.464. The Balaban J connectivity index is 1.93. The first-order valence-corrected chi connectivity index (χ1v) is 13.4. The molecule has 0 aliphatic carbocycles. The predicted molar refractivity (Wildman–Crippen MR) is 151 cm³/mol. The molecule has 0 aliphatic heterocycles. The van der Waals surface area contributed by atoms with Crippen LogP contribution in [0.25, 0.3) is 16.1 Å². The Kier molecular flexibility index (Phi) is 9.09. The molecule has 3 rings (SSSR count). The van der Waals surface area contributed by atoms with Crippen LogP contribution in [-0.4, -0.2) is 65.5 Å². The molecule has 1 N–H and O–H groups in total. The number of aromatic nitrogens is 2. The van der Waals surface area contributed by atoms with Crippen LogP contribution in [0, 0.1) is 13.8 Å². The number of benzene rings is 1. The van der Waals surface area contributed by atoms with Crippen LogP contribution in [0.4, 0.5) is 9.80 Å². The van der Waals surface area contributed by atoms with Crippen molar-refractivity contribution >= 4 is 28.4 Å². The van der Waals surface area contributed by atoms with Gasteiger partial charge >= 0.3 is 12.1 Å². The molecule has 38 heavy (non-hydrogen) atoms. The number of imidazole rings is 1. The largest absolute Gasteiger partial charge is 0.495 e. The zero-order chi connectivity index (χ0) is 28.2. The number of carbonyl (C=O) groups excluding carboxylic acids is 2. The Morgan fingerprint density at radius 3 is 2.53 bits per heavy atom. The maximum atomic E-state index is 13.0. The topological polar surface area (TPSA) is 94.9 Å². The molecule has 1 unspecified atom stereocenters. The minimum Gasteiger partial charge on any atom is -0.495 e. The SMILES string of the molecule is CCOC(=O)c1c(NC(C)CN(C)C(=O)OC(C)(C)C)sc(-c2ccc(-n3cnc(C)c3)c(OC)c2)c1C. The smallest absolute Gasteiger partial charge is 0.410 e. The Morgan fingerprint density at radius 1 is 1.24 bits per heavy atom. The van der Waals surface area contributed by atoms with Crippen molar-refractivity contribution in [2.75, 3.05) is 32.6 Å². The summed E-state index contributed by atoms with van der Waals surface area (Å²) in [7, 11) is 3.33. The minimum absolute atomic E-state index is 0.159. The van der Waals surface area contributed by atoms with Gasteiger partial charge in [0.15, 0.2) is 0 Å². The highest BCUT2D eigenvalue weighted by atomic mass is 32.1. The molecule has 0 saturated carbocycles. The number of hydrogen-bond donors (Lipinski definition) is 1. The van der Waals surface area contributed by atoms with Gasteiger partial charge in [-0.2, -0.15) is 0 Å². The Bertz CT molecular complexity index is 1290. The summed E-state index contributed by atoms with van der Waals surface area (Å²) in [6, 6.07) is 5.78. The summed E-state index contributed by atoms with van der Waals surface area (Å²) >= 11 is 1.47. The average molecular weight is 543 g/mol. The van der Waals surface area contributed by atoms with Crippen molar-refractivity contribution in [3.8, 4) is 21.9 Å². The number of aryl methyl sites for hydroxylation is 1. The standard InChI is InChI=1S/C28H38N4O5S/c1-10-36-26(33)23-19(4)24(20-11-12-21(22(13-20)35-9)32-15-17(2)29-16-32)38-25(23)30-18(3)14-31(8)27(34)37-28(5,6)7/h11-13,15-16,18,30H,10,14H2,1-9H3. The first-order valence-electron chi connectivity index (χ1n) is 12.5. The van der Waals surface area contributed by atoms with E-state index in [4.69, 9.17) is 14.2 Å². The van der Waals surface area contributed by atoms with E-state index in [9.17, 15) is 9.59 Å². The number of nitrogens with one attached hydrogen (secondary N) is 1. The van der Waals surface area contributed by atoms with Crippen molar-refractivity contribution in [2.45, 2.75) is 60.1 Å². The molecule has 2 heterocycles. The lowest BCUT2D eigenvalue weighted by Gasteiger charge is -2.27. The molecule has 1 aromatic carbocycles. The van der Waals surface area contributed by atoms with E-state index in [1.165, 1.54) is 16.2 Å². The number of ether oxygens (including phenoxy) is 3. The van der Waals surface area contributed by atoms with Gasteiger partial charge < -0.3 is 29.0 Å². The van der Waals surface area contributed by atoms with Gasteiger partial charge in [0, 0.05) is 30.7 Å². The summed E-state index contributed by atoms with van der Waals surface area (Å²) in [6.07, 6.45) is 3.28. The summed E-state index contributed by atoms with van der Waals surface area (Å²) in [4.78, 5) is 32.2. The predicted octanol–water partition coefficient (Wildman–Crippen LogP) is 6.07. The number of methoxy groups -OCH3 is 1. The zero-order valence-corrected chi connectivity index (χ0v) is 24.5. The van der Waals surface area contributed by atoms with E-state index < -0.39 is 11.7 Å². The molecular formula is C28H38N4O5S. The molecule has 10 heteroatoms. The highest BCUT2D eigenvalue weighted by molar-refractivity contribution is 7.20. The van der Waals surface area contributed by atoms with Gasteiger partial charge in [0.25, 0.3) is 0 Å². The van der Waals surface area contributed by atoms with Crippen LogP contribution < -0.4 is 10.1 Å². The van der Waals surface area contributed by atoms with Crippen molar-refractivity contribution in [1.29, 1.82) is 0 Å². The fourth-order valence-corrected chi connectivity index (χ4v) is 5.32. The second kappa shape index (κ2) is 11.9. The second-order valence-electron chi connectivity index (χ2n) is 10.2. The molecule has 1 amide bonds. The number of carbonyl (C=O) groups is 2. The van der Waals surface area contributed by atoms with Crippen molar-refractivity contribution in [1.82, 2.24) is 14.5 Å². The van der Waals surface area contributed by atoms with Crippen LogP contribution >= 0.6 is 11.3 Å². The molecule has 0 spiro atoms. The van der Waals surface area contributed by atoms with E-state index in [1.54, 1.807) is 27.4 Å². The summed E-state index contributed by atoms with van der Waals surface area (Å²) in [5, 5.41) is 4.11. The van der Waals surface area contributed by atoms with Crippen LogP contribution in [0.1, 0.15) is 56.2 Å². The van der Waals surface area contributed by atoms with Gasteiger partial charge in [0.1, 0.15) is 16.4 Å². The normalized spacial score (nSPS) is 12.1. The number of esters is 1. The van der Waals surface area contributed by atoms with Crippen LogP contribution in [-0.2, 0) is 9.47 Å². The van der Waals surface area contributed by atoms with Crippen molar-refractivity contribution in [3.05, 3.63) is 47.5 Å². The average Bonchev–Trinajstić information content (AvgIpc) is 3.40. The summed E-state index contributed by atoms with van der Waals surface area (Å²) in [5.41, 5.74) is 3.43. The lowest BCUT2D eigenvalue weighted by atomic mass is 10.1. The van der Waals surface area contributed by atoms with E-state index in [0.717, 1.165) is 27.4 Å². The number of thiophene rings is 1. The molecule has 0 saturated heterocycles.